The van der Waals surface area contributed by atoms with E-state index in [1.165, 1.54) is 42.6 Å². The van der Waals surface area contributed by atoms with Crippen LogP contribution >= 0.6 is 11.6 Å². The second kappa shape index (κ2) is 8.32. The number of fused-ring (bicyclic) bond motifs is 1. The minimum Gasteiger partial charge on any atom is -0.455 e. The predicted octanol–water partition coefficient (Wildman–Crippen LogP) is 4.93. The van der Waals surface area contributed by atoms with Crippen LogP contribution in [0.5, 0.6) is 0 Å². The van der Waals surface area contributed by atoms with Gasteiger partial charge in [0, 0.05) is 29.1 Å². The molecule has 11 nitrogen and oxygen atoms in total. The highest BCUT2D eigenvalue weighted by Gasteiger charge is 2.16. The average Bonchev–Trinajstić information content (AvgIpc) is 3.40. The number of benzene rings is 2. The van der Waals surface area contributed by atoms with Gasteiger partial charge in [-0.1, -0.05) is 11.6 Å². The largest absolute Gasteiger partial charge is 0.455 e. The number of halogens is 1. The van der Waals surface area contributed by atoms with Crippen molar-refractivity contribution in [3.8, 4) is 11.3 Å². The van der Waals surface area contributed by atoms with Gasteiger partial charge >= 0.3 is 5.91 Å². The molecular formula is C20H11ClN4O7. The average molecular weight is 455 g/mol. The first-order chi connectivity index (χ1) is 15.3. The Morgan fingerprint density at radius 1 is 1.00 bits per heavy atom. The van der Waals surface area contributed by atoms with Crippen LogP contribution in [0.15, 0.2) is 68.5 Å². The van der Waals surface area contributed by atoms with E-state index in [0.717, 1.165) is 0 Å². The molecule has 0 aliphatic heterocycles. The third-order valence-electron chi connectivity index (χ3n) is 4.35. The van der Waals surface area contributed by atoms with Gasteiger partial charge in [-0.2, -0.15) is 5.10 Å². The molecule has 0 radical (unpaired) electrons. The molecule has 2 heterocycles. The van der Waals surface area contributed by atoms with E-state index < -0.39 is 15.8 Å². The number of carbonyl (C=O) groups excluding carboxylic acids is 1. The van der Waals surface area contributed by atoms with Gasteiger partial charge in [-0.15, -0.1) is 0 Å². The van der Waals surface area contributed by atoms with Crippen LogP contribution in [0.1, 0.15) is 16.3 Å². The maximum Gasteiger partial charge on any atom is 0.307 e. The number of rotatable bonds is 6. The lowest BCUT2D eigenvalue weighted by atomic mass is 10.1. The zero-order valence-corrected chi connectivity index (χ0v) is 16.6. The first-order valence-corrected chi connectivity index (χ1v) is 9.25. The lowest BCUT2D eigenvalue weighted by Crippen LogP contribution is -2.16. The van der Waals surface area contributed by atoms with E-state index in [1.807, 2.05) is 0 Å². The number of hydrogen-bond donors (Lipinski definition) is 1. The van der Waals surface area contributed by atoms with E-state index in [4.69, 9.17) is 20.4 Å². The Labute approximate surface area is 183 Å². The normalized spacial score (nSPS) is 11.2. The third kappa shape index (κ3) is 4.18. The van der Waals surface area contributed by atoms with Gasteiger partial charge in [0.25, 0.3) is 11.4 Å². The Morgan fingerprint density at radius 3 is 2.56 bits per heavy atom. The summed E-state index contributed by atoms with van der Waals surface area (Å²) in [6.07, 6.45) is 1.24. The first kappa shape index (κ1) is 20.8. The minimum atomic E-state index is -0.666. The zero-order chi connectivity index (χ0) is 22.8. The molecule has 0 unspecified atom stereocenters. The van der Waals surface area contributed by atoms with Gasteiger partial charge in [-0.05, 0) is 36.4 Å². The zero-order valence-electron chi connectivity index (χ0n) is 15.9. The molecule has 4 aromatic rings. The molecule has 2 aromatic heterocycles. The highest BCUT2D eigenvalue weighted by molar-refractivity contribution is 6.32. The topological polar surface area (TPSA) is 154 Å². The SMILES string of the molecule is O=C(N/N=C\c1ccc(-c2ccc(Cl)c([N+](=O)[O-])c2)o1)c1cc2cc([N+](=O)[O-])ccc2o1. The second-order valence-corrected chi connectivity index (χ2v) is 6.82. The number of nitrogens with one attached hydrogen (secondary N) is 1. The Bertz CT molecular complexity index is 1410. The fraction of sp³-hybridized carbons (Fsp3) is 0. The standard InChI is InChI=1S/C20H11ClN4O7/c21-15-4-1-11(8-16(15)25(29)30)17-6-3-14(31-17)10-22-23-20(26)19-9-12-7-13(24(27)28)2-5-18(12)32-19/h1-10H,(H,23,26)/b22-10-. The molecule has 1 amide bonds. The molecule has 4 rings (SSSR count). The Kier molecular flexibility index (Phi) is 5.39. The van der Waals surface area contributed by atoms with Crippen LogP contribution in [0.4, 0.5) is 11.4 Å². The summed E-state index contributed by atoms with van der Waals surface area (Å²) in [4.78, 5) is 33.0. The summed E-state index contributed by atoms with van der Waals surface area (Å²) >= 11 is 5.81. The monoisotopic (exact) mass is 454 g/mol. The molecule has 0 fully saturated rings. The van der Waals surface area contributed by atoms with Gasteiger partial charge in [0.15, 0.2) is 5.76 Å². The van der Waals surface area contributed by atoms with Crippen molar-refractivity contribution in [3.63, 3.8) is 0 Å². The summed E-state index contributed by atoms with van der Waals surface area (Å²) in [5.74, 6) is -0.124. The van der Waals surface area contributed by atoms with Gasteiger partial charge in [-0.25, -0.2) is 5.43 Å². The fourth-order valence-corrected chi connectivity index (χ4v) is 3.04. The highest BCUT2D eigenvalue weighted by Crippen LogP contribution is 2.31. The van der Waals surface area contributed by atoms with Crippen LogP contribution in [0.25, 0.3) is 22.3 Å². The van der Waals surface area contributed by atoms with Gasteiger partial charge in [0.05, 0.1) is 16.1 Å². The second-order valence-electron chi connectivity index (χ2n) is 6.41. The van der Waals surface area contributed by atoms with Crippen molar-refractivity contribution in [3.05, 3.63) is 91.4 Å². The van der Waals surface area contributed by atoms with E-state index in [-0.39, 0.29) is 27.9 Å². The first-order valence-electron chi connectivity index (χ1n) is 8.87. The molecule has 0 saturated heterocycles. The van der Waals surface area contributed by atoms with Gasteiger partial charge < -0.3 is 8.83 Å². The molecule has 160 valence electrons. The third-order valence-corrected chi connectivity index (χ3v) is 4.67. The van der Waals surface area contributed by atoms with Crippen LogP contribution in [0.2, 0.25) is 5.02 Å². The van der Waals surface area contributed by atoms with E-state index in [2.05, 4.69) is 10.5 Å². The van der Waals surface area contributed by atoms with Crippen molar-refractivity contribution in [2.45, 2.75) is 0 Å². The fourth-order valence-electron chi connectivity index (χ4n) is 2.85. The van der Waals surface area contributed by atoms with E-state index in [9.17, 15) is 25.0 Å². The summed E-state index contributed by atoms with van der Waals surface area (Å²) in [6, 6.07) is 12.7. The van der Waals surface area contributed by atoms with Crippen molar-refractivity contribution in [2.24, 2.45) is 5.10 Å². The molecule has 32 heavy (non-hydrogen) atoms. The number of hydrazone groups is 1. The van der Waals surface area contributed by atoms with Crippen molar-refractivity contribution in [1.82, 2.24) is 5.43 Å². The molecule has 0 aliphatic rings. The lowest BCUT2D eigenvalue weighted by Gasteiger charge is -1.99. The summed E-state index contributed by atoms with van der Waals surface area (Å²) in [5, 5.41) is 26.1. The molecule has 12 heteroatoms. The minimum absolute atomic E-state index is 0.00926. The number of amides is 1. The summed E-state index contributed by atoms with van der Waals surface area (Å²) < 4.78 is 10.9. The van der Waals surface area contributed by atoms with Crippen LogP contribution < -0.4 is 5.43 Å². The summed E-state index contributed by atoms with van der Waals surface area (Å²) in [6.45, 7) is 0. The summed E-state index contributed by atoms with van der Waals surface area (Å²) in [7, 11) is 0. The quantitative estimate of drug-likeness (QED) is 0.246. The number of nitro benzene ring substituents is 2. The van der Waals surface area contributed by atoms with Crippen LogP contribution in [0, 0.1) is 20.2 Å². The Hall–Kier alpha value is -4.51. The maximum atomic E-state index is 12.2. The number of non-ortho nitro benzene ring substituents is 1. The number of carbonyl (C=O) groups is 1. The molecule has 0 bridgehead atoms. The van der Waals surface area contributed by atoms with E-state index in [1.54, 1.807) is 18.2 Å². The van der Waals surface area contributed by atoms with Gasteiger partial charge in [0.2, 0.25) is 0 Å². The van der Waals surface area contributed by atoms with Gasteiger partial charge in [0.1, 0.15) is 22.1 Å². The Balaban J connectivity index is 1.46. The van der Waals surface area contributed by atoms with Crippen molar-refractivity contribution in [2.75, 3.05) is 0 Å². The molecule has 1 N–H and O–H groups in total. The maximum absolute atomic E-state index is 12.2. The Morgan fingerprint density at radius 2 is 1.81 bits per heavy atom. The molecule has 0 spiro atoms. The number of nitrogens with zero attached hydrogens (tertiary/aromatic N) is 3. The van der Waals surface area contributed by atoms with Gasteiger partial charge in [-0.3, -0.25) is 25.0 Å². The number of furan rings is 2. The van der Waals surface area contributed by atoms with Crippen LogP contribution in [0.3, 0.4) is 0 Å². The van der Waals surface area contributed by atoms with E-state index in [0.29, 0.717) is 22.3 Å². The molecule has 2 aromatic carbocycles. The molecule has 0 aliphatic carbocycles. The molecule has 0 saturated carbocycles. The number of hydrogen-bond acceptors (Lipinski definition) is 8. The lowest BCUT2D eigenvalue weighted by molar-refractivity contribution is -0.384. The summed E-state index contributed by atoms with van der Waals surface area (Å²) in [5.41, 5.74) is 2.65. The van der Waals surface area contributed by atoms with Crippen molar-refractivity contribution >= 4 is 46.1 Å². The highest BCUT2D eigenvalue weighted by atomic mass is 35.5. The smallest absolute Gasteiger partial charge is 0.307 e. The molecule has 0 atom stereocenters. The van der Waals surface area contributed by atoms with Crippen molar-refractivity contribution in [1.29, 1.82) is 0 Å². The van der Waals surface area contributed by atoms with Crippen molar-refractivity contribution < 1.29 is 23.5 Å². The van der Waals surface area contributed by atoms with Crippen LogP contribution in [-0.4, -0.2) is 22.0 Å². The predicted molar refractivity (Wildman–Crippen MR) is 114 cm³/mol. The van der Waals surface area contributed by atoms with Crippen LogP contribution in [-0.2, 0) is 0 Å². The molecular weight excluding hydrogens is 444 g/mol. The van der Waals surface area contributed by atoms with E-state index >= 15 is 0 Å². The number of nitro groups is 2.